The highest BCUT2D eigenvalue weighted by Crippen LogP contribution is 2.16. The Balaban J connectivity index is 2.31. The first-order chi connectivity index (χ1) is 7.70. The summed E-state index contributed by atoms with van der Waals surface area (Å²) in [4.78, 5) is 8.13. The second-order valence-electron chi connectivity index (χ2n) is 3.43. The van der Waals surface area contributed by atoms with Crippen molar-refractivity contribution >= 4 is 0 Å². The van der Waals surface area contributed by atoms with Crippen molar-refractivity contribution in [1.29, 1.82) is 0 Å². The summed E-state index contributed by atoms with van der Waals surface area (Å²) in [6, 6.07) is 3.71. The molecule has 84 valence electrons. The lowest BCUT2D eigenvalue weighted by molar-refractivity contribution is 0.141. The molecule has 2 aromatic heterocycles. The molecule has 2 aromatic rings. The van der Waals surface area contributed by atoms with Crippen molar-refractivity contribution in [2.24, 2.45) is 5.73 Å². The largest absolute Gasteiger partial charge is 0.382 e. The van der Waals surface area contributed by atoms with E-state index in [0.717, 1.165) is 5.56 Å². The minimum absolute atomic E-state index is 0.0445. The van der Waals surface area contributed by atoms with Gasteiger partial charge in [-0.3, -0.25) is 4.98 Å². The first-order valence-electron chi connectivity index (χ1n) is 4.85. The quantitative estimate of drug-likeness (QED) is 0.778. The lowest BCUT2D eigenvalue weighted by Crippen LogP contribution is -2.11. The van der Waals surface area contributed by atoms with Crippen molar-refractivity contribution < 1.29 is 9.63 Å². The number of nitrogens with zero attached hydrogens (tertiary/aromatic N) is 3. The van der Waals surface area contributed by atoms with Gasteiger partial charge >= 0.3 is 0 Å². The average molecular weight is 220 g/mol. The molecule has 0 aromatic carbocycles. The standard InChI is InChI=1S/C10H12N4O2/c1-6-2-3-12-7(4-6)9-13-10(16-14-9)8(15)5-11/h2-4,8,15H,5,11H2,1H3/t8-/m0/s1. The zero-order valence-electron chi connectivity index (χ0n) is 8.79. The second kappa shape index (κ2) is 4.38. The molecule has 0 aliphatic rings. The monoisotopic (exact) mass is 220 g/mol. The van der Waals surface area contributed by atoms with E-state index in [2.05, 4.69) is 15.1 Å². The minimum Gasteiger partial charge on any atom is -0.382 e. The average Bonchev–Trinajstić information content (AvgIpc) is 2.77. The van der Waals surface area contributed by atoms with Crippen LogP contribution in [0.15, 0.2) is 22.9 Å². The van der Waals surface area contributed by atoms with Gasteiger partial charge in [-0.1, -0.05) is 5.16 Å². The SMILES string of the molecule is Cc1ccnc(-c2noc([C@@H](O)CN)n2)c1. The number of nitrogens with two attached hydrogens (primary N) is 1. The van der Waals surface area contributed by atoms with E-state index in [1.165, 1.54) is 0 Å². The van der Waals surface area contributed by atoms with Gasteiger partial charge in [-0.2, -0.15) is 4.98 Å². The number of aliphatic hydroxyl groups excluding tert-OH is 1. The molecule has 0 bridgehead atoms. The van der Waals surface area contributed by atoms with E-state index in [1.807, 2.05) is 19.1 Å². The first kappa shape index (κ1) is 10.7. The molecular weight excluding hydrogens is 208 g/mol. The number of rotatable bonds is 3. The fourth-order valence-electron chi connectivity index (χ4n) is 1.23. The minimum atomic E-state index is -0.925. The molecule has 16 heavy (non-hydrogen) atoms. The molecule has 0 radical (unpaired) electrons. The van der Waals surface area contributed by atoms with Crippen LogP contribution in [-0.4, -0.2) is 26.8 Å². The van der Waals surface area contributed by atoms with Crippen LogP contribution in [0.2, 0.25) is 0 Å². The maximum atomic E-state index is 9.40. The van der Waals surface area contributed by atoms with Crippen molar-refractivity contribution in [1.82, 2.24) is 15.1 Å². The molecule has 0 amide bonds. The summed E-state index contributed by atoms with van der Waals surface area (Å²) in [6.45, 7) is 1.99. The Morgan fingerprint density at radius 2 is 2.38 bits per heavy atom. The van der Waals surface area contributed by atoms with Crippen molar-refractivity contribution in [2.45, 2.75) is 13.0 Å². The van der Waals surface area contributed by atoms with Crippen molar-refractivity contribution in [3.63, 3.8) is 0 Å². The summed E-state index contributed by atoms with van der Waals surface area (Å²) in [5.74, 6) is 0.465. The maximum Gasteiger partial charge on any atom is 0.257 e. The molecule has 6 heteroatoms. The Bertz CT molecular complexity index is 483. The lowest BCUT2D eigenvalue weighted by Gasteiger charge is -1.98. The van der Waals surface area contributed by atoms with Crippen molar-refractivity contribution in [2.75, 3.05) is 6.54 Å². The Morgan fingerprint density at radius 1 is 1.56 bits per heavy atom. The summed E-state index contributed by atoms with van der Waals surface area (Å²) in [5.41, 5.74) is 6.94. The molecule has 1 atom stereocenters. The second-order valence-corrected chi connectivity index (χ2v) is 3.43. The topological polar surface area (TPSA) is 98.1 Å². The third kappa shape index (κ3) is 2.07. The van der Waals surface area contributed by atoms with Crippen LogP contribution in [0, 0.1) is 6.92 Å². The normalized spacial score (nSPS) is 12.7. The van der Waals surface area contributed by atoms with E-state index < -0.39 is 6.10 Å². The van der Waals surface area contributed by atoms with Crippen LogP contribution in [0.25, 0.3) is 11.5 Å². The van der Waals surface area contributed by atoms with Gasteiger partial charge in [-0.25, -0.2) is 0 Å². The third-order valence-corrected chi connectivity index (χ3v) is 2.09. The highest BCUT2D eigenvalue weighted by Gasteiger charge is 2.15. The van der Waals surface area contributed by atoms with Crippen LogP contribution in [-0.2, 0) is 0 Å². The number of aromatic nitrogens is 3. The number of pyridine rings is 1. The predicted molar refractivity (Wildman–Crippen MR) is 56.3 cm³/mol. The maximum absolute atomic E-state index is 9.40. The van der Waals surface area contributed by atoms with Gasteiger partial charge in [0.15, 0.2) is 0 Å². The van der Waals surface area contributed by atoms with Gasteiger partial charge in [-0.15, -0.1) is 0 Å². The zero-order chi connectivity index (χ0) is 11.5. The third-order valence-electron chi connectivity index (χ3n) is 2.09. The van der Waals surface area contributed by atoms with Crippen LogP contribution in [0.3, 0.4) is 0 Å². The summed E-state index contributed by atoms with van der Waals surface area (Å²) in [7, 11) is 0. The molecule has 0 spiro atoms. The Morgan fingerprint density at radius 3 is 3.06 bits per heavy atom. The number of aliphatic hydroxyl groups is 1. The molecule has 0 unspecified atom stereocenters. The molecule has 0 aliphatic heterocycles. The summed E-state index contributed by atoms with van der Waals surface area (Å²) in [5, 5.41) is 13.1. The first-order valence-corrected chi connectivity index (χ1v) is 4.85. The van der Waals surface area contributed by atoms with E-state index in [4.69, 9.17) is 10.3 Å². The molecule has 2 rings (SSSR count). The van der Waals surface area contributed by atoms with E-state index in [-0.39, 0.29) is 12.4 Å². The van der Waals surface area contributed by atoms with Gasteiger partial charge in [0, 0.05) is 12.7 Å². The smallest absolute Gasteiger partial charge is 0.257 e. The molecule has 0 fully saturated rings. The van der Waals surface area contributed by atoms with Crippen LogP contribution in [0.4, 0.5) is 0 Å². The summed E-state index contributed by atoms with van der Waals surface area (Å²) >= 11 is 0. The molecule has 0 saturated heterocycles. The number of aryl methyl sites for hydroxylation is 1. The molecule has 6 nitrogen and oxygen atoms in total. The molecular formula is C10H12N4O2. The molecule has 2 heterocycles. The van der Waals surface area contributed by atoms with E-state index in [1.54, 1.807) is 6.20 Å². The molecule has 0 saturated carbocycles. The fourth-order valence-corrected chi connectivity index (χ4v) is 1.23. The van der Waals surface area contributed by atoms with Crippen LogP contribution in [0.5, 0.6) is 0 Å². The van der Waals surface area contributed by atoms with E-state index in [9.17, 15) is 5.11 Å². The molecule has 0 aliphatic carbocycles. The highest BCUT2D eigenvalue weighted by molar-refractivity contribution is 5.48. The van der Waals surface area contributed by atoms with Gasteiger partial charge in [0.25, 0.3) is 5.89 Å². The Hall–Kier alpha value is -1.79. The highest BCUT2D eigenvalue weighted by atomic mass is 16.5. The zero-order valence-corrected chi connectivity index (χ0v) is 8.79. The van der Waals surface area contributed by atoms with Crippen LogP contribution < -0.4 is 5.73 Å². The lowest BCUT2D eigenvalue weighted by atomic mass is 10.2. The van der Waals surface area contributed by atoms with Gasteiger partial charge in [-0.05, 0) is 24.6 Å². The van der Waals surface area contributed by atoms with Gasteiger partial charge in [0.05, 0.1) is 0 Å². The Kier molecular flexibility index (Phi) is 2.93. The fraction of sp³-hybridized carbons (Fsp3) is 0.300. The van der Waals surface area contributed by atoms with Gasteiger partial charge in [0.2, 0.25) is 5.82 Å². The summed E-state index contributed by atoms with van der Waals surface area (Å²) < 4.78 is 4.88. The van der Waals surface area contributed by atoms with E-state index >= 15 is 0 Å². The van der Waals surface area contributed by atoms with Crippen LogP contribution in [0.1, 0.15) is 17.6 Å². The molecule has 3 N–H and O–H groups in total. The number of hydrogen-bond acceptors (Lipinski definition) is 6. The summed E-state index contributed by atoms with van der Waals surface area (Å²) in [6.07, 6.45) is 0.742. The van der Waals surface area contributed by atoms with Gasteiger partial charge in [0.1, 0.15) is 11.8 Å². The van der Waals surface area contributed by atoms with Crippen molar-refractivity contribution in [3.05, 3.63) is 29.8 Å². The van der Waals surface area contributed by atoms with Crippen molar-refractivity contribution in [3.8, 4) is 11.5 Å². The van der Waals surface area contributed by atoms with Crippen LogP contribution >= 0.6 is 0 Å². The Labute approximate surface area is 92.1 Å². The van der Waals surface area contributed by atoms with E-state index in [0.29, 0.717) is 11.5 Å². The predicted octanol–water partition coefficient (Wildman–Crippen LogP) is 0.432. The van der Waals surface area contributed by atoms with Gasteiger partial charge < -0.3 is 15.4 Å². The number of hydrogen-bond donors (Lipinski definition) is 2.